The molecule has 1 aromatic rings. The average Bonchev–Trinajstić information content (AvgIpc) is 2.02. The fraction of sp³-hybridized carbons (Fsp3) is 0.400. The van der Waals surface area contributed by atoms with Crippen molar-refractivity contribution in [2.24, 2.45) is 0 Å². The predicted molar refractivity (Wildman–Crippen MR) is 60.0 cm³/mol. The highest BCUT2D eigenvalue weighted by molar-refractivity contribution is 14.1. The van der Waals surface area contributed by atoms with Gasteiger partial charge in [-0.2, -0.15) is 0 Å². The molecule has 1 aromatic carbocycles. The summed E-state index contributed by atoms with van der Waals surface area (Å²) in [5, 5.41) is 0. The normalized spacial score (nSPS) is 8.45. The Bertz CT molecular complexity index is 216. The second-order valence-corrected chi connectivity index (χ2v) is 3.41. The van der Waals surface area contributed by atoms with E-state index in [0.717, 1.165) is 0 Å². The Balaban J connectivity index is 0.000000461. The Morgan fingerprint density at radius 2 is 1.64 bits per heavy atom. The third-order valence-electron chi connectivity index (χ3n) is 1.33. The van der Waals surface area contributed by atoms with Gasteiger partial charge < -0.3 is 0 Å². The van der Waals surface area contributed by atoms with E-state index in [4.69, 9.17) is 0 Å². The van der Waals surface area contributed by atoms with Crippen molar-refractivity contribution in [3.05, 3.63) is 32.9 Å². The third kappa shape index (κ3) is 3.75. The van der Waals surface area contributed by atoms with E-state index in [2.05, 4.69) is 54.6 Å². The molecule has 0 saturated carbocycles. The molecule has 0 saturated heterocycles. The van der Waals surface area contributed by atoms with Crippen molar-refractivity contribution < 1.29 is 0 Å². The second-order valence-electron chi connectivity index (χ2n) is 2.25. The largest absolute Gasteiger partial charge is 0.0683 e. The Labute approximate surface area is 83.2 Å². The van der Waals surface area contributed by atoms with Crippen LogP contribution < -0.4 is 0 Å². The minimum Gasteiger partial charge on any atom is -0.0683 e. The average molecular weight is 262 g/mol. The van der Waals surface area contributed by atoms with Gasteiger partial charge in [-0.15, -0.1) is 0 Å². The lowest BCUT2D eigenvalue weighted by molar-refractivity contribution is 1.36. The topological polar surface area (TPSA) is 0 Å². The van der Waals surface area contributed by atoms with Crippen LogP contribution in [0.15, 0.2) is 18.2 Å². The van der Waals surface area contributed by atoms with Crippen molar-refractivity contribution in [1.82, 2.24) is 0 Å². The first kappa shape index (κ1) is 11.0. The minimum absolute atomic E-state index is 1.34. The highest BCUT2D eigenvalue weighted by Crippen LogP contribution is 2.11. The van der Waals surface area contributed by atoms with Crippen LogP contribution in [0.2, 0.25) is 0 Å². The van der Waals surface area contributed by atoms with E-state index in [1.54, 1.807) is 0 Å². The van der Waals surface area contributed by atoms with Crippen LogP contribution in [0.25, 0.3) is 0 Å². The fourth-order valence-electron chi connectivity index (χ4n) is 0.698. The molecule has 1 rings (SSSR count). The van der Waals surface area contributed by atoms with Gasteiger partial charge in [-0.25, -0.2) is 0 Å². The second kappa shape index (κ2) is 5.58. The van der Waals surface area contributed by atoms with E-state index < -0.39 is 0 Å². The maximum Gasteiger partial charge on any atom is 0.0162 e. The van der Waals surface area contributed by atoms with Crippen LogP contribution in [0.4, 0.5) is 0 Å². The molecule has 0 N–H and O–H groups in total. The smallest absolute Gasteiger partial charge is 0.0162 e. The summed E-state index contributed by atoms with van der Waals surface area (Å²) in [6.07, 6.45) is 0. The first-order valence-electron chi connectivity index (χ1n) is 3.93. The van der Waals surface area contributed by atoms with Crippen LogP contribution in [0.3, 0.4) is 0 Å². The Morgan fingerprint density at radius 1 is 1.09 bits per heavy atom. The molecule has 0 aliphatic carbocycles. The molecular weight excluding hydrogens is 247 g/mol. The molecule has 0 amide bonds. The molecule has 0 bridgehead atoms. The van der Waals surface area contributed by atoms with Crippen molar-refractivity contribution in [3.8, 4) is 0 Å². The standard InChI is InChI=1S/C8H9I.C2H6/c1-6-3-4-7(2)8(9)5-6;1-2/h3-5H,1-2H3;1-2H3. The lowest BCUT2D eigenvalue weighted by Gasteiger charge is -1.96. The number of hydrogen-bond donors (Lipinski definition) is 0. The Morgan fingerprint density at radius 3 is 2.00 bits per heavy atom. The van der Waals surface area contributed by atoms with Crippen LogP contribution in [-0.4, -0.2) is 0 Å². The summed E-state index contributed by atoms with van der Waals surface area (Å²) in [7, 11) is 0. The summed E-state index contributed by atoms with van der Waals surface area (Å²) in [5.74, 6) is 0. The summed E-state index contributed by atoms with van der Waals surface area (Å²) < 4.78 is 1.35. The van der Waals surface area contributed by atoms with Crippen molar-refractivity contribution in [2.75, 3.05) is 0 Å². The molecule has 0 nitrogen and oxygen atoms in total. The molecule has 0 atom stereocenters. The number of hydrogen-bond acceptors (Lipinski definition) is 0. The molecule has 1 heteroatoms. The first-order valence-corrected chi connectivity index (χ1v) is 5.01. The summed E-state index contributed by atoms with van der Waals surface area (Å²) in [4.78, 5) is 0. The van der Waals surface area contributed by atoms with Crippen LogP contribution in [0.5, 0.6) is 0 Å². The van der Waals surface area contributed by atoms with Crippen molar-refractivity contribution in [2.45, 2.75) is 27.7 Å². The number of benzene rings is 1. The molecule has 0 spiro atoms. The van der Waals surface area contributed by atoms with E-state index in [1.165, 1.54) is 14.7 Å². The van der Waals surface area contributed by atoms with Gasteiger partial charge >= 0.3 is 0 Å². The molecule has 11 heavy (non-hydrogen) atoms. The van der Waals surface area contributed by atoms with E-state index in [9.17, 15) is 0 Å². The van der Waals surface area contributed by atoms with E-state index in [-0.39, 0.29) is 0 Å². The fourth-order valence-corrected chi connectivity index (χ4v) is 1.37. The number of halogens is 1. The molecule has 0 fully saturated rings. The molecule has 0 heterocycles. The molecule has 0 aromatic heterocycles. The number of aryl methyl sites for hydroxylation is 2. The van der Waals surface area contributed by atoms with Gasteiger partial charge in [0.05, 0.1) is 0 Å². The SMILES string of the molecule is CC.Cc1ccc(C)c(I)c1. The lowest BCUT2D eigenvalue weighted by Crippen LogP contribution is -1.79. The third-order valence-corrected chi connectivity index (χ3v) is 2.49. The van der Waals surface area contributed by atoms with E-state index in [0.29, 0.717) is 0 Å². The van der Waals surface area contributed by atoms with Gasteiger partial charge in [-0.1, -0.05) is 31.5 Å². The van der Waals surface area contributed by atoms with Crippen molar-refractivity contribution in [1.29, 1.82) is 0 Å². The predicted octanol–water partition coefficient (Wildman–Crippen LogP) is 3.93. The molecule has 62 valence electrons. The summed E-state index contributed by atoms with van der Waals surface area (Å²) in [5.41, 5.74) is 2.70. The van der Waals surface area contributed by atoms with Crippen molar-refractivity contribution in [3.63, 3.8) is 0 Å². The minimum atomic E-state index is 1.34. The quantitative estimate of drug-likeness (QED) is 0.621. The van der Waals surface area contributed by atoms with Gasteiger partial charge in [-0.3, -0.25) is 0 Å². The zero-order chi connectivity index (χ0) is 8.85. The summed E-state index contributed by atoms with van der Waals surface area (Å²) in [6.45, 7) is 8.24. The highest BCUT2D eigenvalue weighted by Gasteiger charge is 1.90. The lowest BCUT2D eigenvalue weighted by atomic mass is 10.2. The molecule has 0 radical (unpaired) electrons. The summed E-state index contributed by atoms with van der Waals surface area (Å²) in [6, 6.07) is 6.48. The maximum absolute atomic E-state index is 2.35. The van der Waals surface area contributed by atoms with Gasteiger partial charge in [0.15, 0.2) is 0 Å². The number of rotatable bonds is 0. The highest BCUT2D eigenvalue weighted by atomic mass is 127. The van der Waals surface area contributed by atoms with Gasteiger partial charge in [0.25, 0.3) is 0 Å². The van der Waals surface area contributed by atoms with Gasteiger partial charge in [0, 0.05) is 3.57 Å². The van der Waals surface area contributed by atoms with Crippen LogP contribution in [0.1, 0.15) is 25.0 Å². The van der Waals surface area contributed by atoms with Crippen LogP contribution in [-0.2, 0) is 0 Å². The monoisotopic (exact) mass is 262 g/mol. The molecule has 0 aliphatic rings. The van der Waals surface area contributed by atoms with Gasteiger partial charge in [0.2, 0.25) is 0 Å². The van der Waals surface area contributed by atoms with E-state index >= 15 is 0 Å². The van der Waals surface area contributed by atoms with Crippen LogP contribution in [0, 0.1) is 17.4 Å². The van der Waals surface area contributed by atoms with Crippen LogP contribution >= 0.6 is 22.6 Å². The summed E-state index contributed by atoms with van der Waals surface area (Å²) >= 11 is 2.35. The first-order chi connectivity index (χ1) is 5.20. The maximum atomic E-state index is 2.35. The molecular formula is C10H15I. The molecule has 0 unspecified atom stereocenters. The zero-order valence-electron chi connectivity index (χ0n) is 7.61. The van der Waals surface area contributed by atoms with Crippen molar-refractivity contribution >= 4 is 22.6 Å². The Kier molecular flexibility index (Phi) is 5.56. The zero-order valence-corrected chi connectivity index (χ0v) is 9.77. The van der Waals surface area contributed by atoms with Gasteiger partial charge in [0.1, 0.15) is 0 Å². The van der Waals surface area contributed by atoms with E-state index in [1.807, 2.05) is 13.8 Å². The molecule has 0 aliphatic heterocycles. The van der Waals surface area contributed by atoms with Gasteiger partial charge in [-0.05, 0) is 48.1 Å². The Hall–Kier alpha value is -0.0500.